The van der Waals surface area contributed by atoms with Gasteiger partial charge in [0.1, 0.15) is 17.3 Å². The molecule has 0 radical (unpaired) electrons. The highest BCUT2D eigenvalue weighted by Crippen LogP contribution is 2.42. The van der Waals surface area contributed by atoms with Gasteiger partial charge in [-0.1, -0.05) is 23.8 Å². The quantitative estimate of drug-likeness (QED) is 0.403. The van der Waals surface area contributed by atoms with Crippen LogP contribution in [0.15, 0.2) is 27.8 Å². The van der Waals surface area contributed by atoms with Gasteiger partial charge in [-0.05, 0) is 19.4 Å². The summed E-state index contributed by atoms with van der Waals surface area (Å²) >= 11 is 6.02. The van der Waals surface area contributed by atoms with Crippen LogP contribution in [0.3, 0.4) is 0 Å². The number of carbonyl (C=O) groups excluding carboxylic acids is 1. The molecule has 1 aromatic carbocycles. The standard InChI is InChI=1S/C19H17ClF4N2O5/c1-8(2)5-9-13(11(21)6-10(20)15(9)31-7-12(27)30-4)14-16(19(22,23)24)26(3)18(29)25-17(14)28/h6H,1,5,7H2,2-4H3,(H,25,28,29). The Morgan fingerprint density at radius 2 is 1.90 bits per heavy atom. The van der Waals surface area contributed by atoms with Gasteiger partial charge in [0.25, 0.3) is 5.56 Å². The van der Waals surface area contributed by atoms with Gasteiger partial charge in [-0.3, -0.25) is 14.3 Å². The average molecular weight is 465 g/mol. The van der Waals surface area contributed by atoms with E-state index in [0.717, 1.165) is 14.2 Å². The predicted octanol–water partition coefficient (Wildman–Crippen LogP) is 3.22. The Balaban J connectivity index is 3.00. The van der Waals surface area contributed by atoms with Gasteiger partial charge >= 0.3 is 17.8 Å². The second-order valence-corrected chi connectivity index (χ2v) is 6.97. The minimum Gasteiger partial charge on any atom is -0.480 e. The molecule has 1 aromatic heterocycles. The number of nitrogens with zero attached hydrogens (tertiary/aromatic N) is 1. The van der Waals surface area contributed by atoms with Crippen molar-refractivity contribution < 1.29 is 31.8 Å². The average Bonchev–Trinajstić information content (AvgIpc) is 2.63. The molecule has 0 saturated heterocycles. The molecule has 0 spiro atoms. The van der Waals surface area contributed by atoms with Crippen molar-refractivity contribution in [2.24, 2.45) is 7.05 Å². The Morgan fingerprint density at radius 1 is 1.29 bits per heavy atom. The highest BCUT2D eigenvalue weighted by Gasteiger charge is 2.40. The predicted molar refractivity (Wildman–Crippen MR) is 104 cm³/mol. The van der Waals surface area contributed by atoms with Gasteiger partial charge in [-0.25, -0.2) is 14.0 Å². The number of methoxy groups -OCH3 is 1. The lowest BCUT2D eigenvalue weighted by Crippen LogP contribution is -2.36. The molecule has 168 valence electrons. The molecule has 2 aromatic rings. The third kappa shape index (κ3) is 4.98. The van der Waals surface area contributed by atoms with Crippen LogP contribution in [0, 0.1) is 5.82 Å². The molecule has 0 aliphatic rings. The van der Waals surface area contributed by atoms with E-state index in [1.165, 1.54) is 6.92 Å². The molecule has 0 saturated carbocycles. The van der Waals surface area contributed by atoms with E-state index in [0.29, 0.717) is 11.6 Å². The fourth-order valence-corrected chi connectivity index (χ4v) is 3.19. The smallest absolute Gasteiger partial charge is 0.432 e. The number of rotatable bonds is 6. The molecular formula is C19H17ClF4N2O5. The van der Waals surface area contributed by atoms with E-state index in [9.17, 15) is 27.6 Å². The Kier molecular flexibility index (Phi) is 6.99. The van der Waals surface area contributed by atoms with E-state index in [2.05, 4.69) is 11.3 Å². The molecule has 1 heterocycles. The molecule has 31 heavy (non-hydrogen) atoms. The Bertz CT molecular complexity index is 1170. The summed E-state index contributed by atoms with van der Waals surface area (Å²) < 4.78 is 66.3. The molecule has 2 rings (SSSR count). The number of benzene rings is 1. The Morgan fingerprint density at radius 3 is 2.42 bits per heavy atom. The van der Waals surface area contributed by atoms with Crippen LogP contribution in [0.1, 0.15) is 18.2 Å². The number of aromatic amines is 1. The lowest BCUT2D eigenvalue weighted by atomic mass is 9.93. The van der Waals surface area contributed by atoms with Crippen LogP contribution in [-0.2, 0) is 29.2 Å². The van der Waals surface area contributed by atoms with Gasteiger partial charge < -0.3 is 9.47 Å². The van der Waals surface area contributed by atoms with Gasteiger partial charge in [0.05, 0.1) is 17.7 Å². The maximum Gasteiger partial charge on any atom is 0.432 e. The number of carbonyl (C=O) groups is 1. The van der Waals surface area contributed by atoms with Crippen molar-refractivity contribution in [2.45, 2.75) is 19.5 Å². The van der Waals surface area contributed by atoms with Crippen molar-refractivity contribution in [2.75, 3.05) is 13.7 Å². The van der Waals surface area contributed by atoms with Gasteiger partial charge in [-0.2, -0.15) is 13.2 Å². The number of esters is 1. The first-order valence-electron chi connectivity index (χ1n) is 8.55. The molecule has 0 aliphatic carbocycles. The van der Waals surface area contributed by atoms with Crippen molar-refractivity contribution in [3.05, 3.63) is 61.2 Å². The Hall–Kier alpha value is -3.08. The van der Waals surface area contributed by atoms with Crippen molar-refractivity contribution in [3.63, 3.8) is 0 Å². The number of allylic oxidation sites excluding steroid dienone is 1. The first kappa shape index (κ1) is 24.2. The fourth-order valence-electron chi connectivity index (χ4n) is 2.92. The van der Waals surface area contributed by atoms with Gasteiger partial charge in [-0.15, -0.1) is 0 Å². The molecule has 0 aliphatic heterocycles. The van der Waals surface area contributed by atoms with Crippen molar-refractivity contribution >= 4 is 17.6 Å². The third-order valence-corrected chi connectivity index (χ3v) is 4.45. The first-order valence-corrected chi connectivity index (χ1v) is 8.93. The number of hydrogen-bond acceptors (Lipinski definition) is 5. The van der Waals surface area contributed by atoms with Gasteiger partial charge in [0, 0.05) is 18.2 Å². The van der Waals surface area contributed by atoms with E-state index in [1.807, 2.05) is 0 Å². The van der Waals surface area contributed by atoms with Gasteiger partial charge in [0.2, 0.25) is 0 Å². The van der Waals surface area contributed by atoms with Crippen LogP contribution < -0.4 is 16.0 Å². The summed E-state index contributed by atoms with van der Waals surface area (Å²) in [5.74, 6) is -2.42. The highest BCUT2D eigenvalue weighted by atomic mass is 35.5. The second kappa shape index (κ2) is 8.96. The minimum absolute atomic E-state index is 0.157. The zero-order chi connectivity index (χ0) is 23.7. The van der Waals surface area contributed by atoms with E-state index >= 15 is 4.39 Å². The third-order valence-electron chi connectivity index (χ3n) is 4.17. The summed E-state index contributed by atoms with van der Waals surface area (Å²) in [5.41, 5.74) is -6.27. The fraction of sp³-hybridized carbons (Fsp3) is 0.316. The molecule has 1 N–H and O–H groups in total. The van der Waals surface area contributed by atoms with E-state index < -0.39 is 52.6 Å². The van der Waals surface area contributed by atoms with Crippen molar-refractivity contribution in [1.82, 2.24) is 9.55 Å². The minimum atomic E-state index is -5.18. The summed E-state index contributed by atoms with van der Waals surface area (Å²) in [6.07, 6.45) is -5.43. The molecule has 0 amide bonds. The number of ether oxygens (including phenoxy) is 2. The van der Waals surface area contributed by atoms with E-state index in [4.69, 9.17) is 16.3 Å². The molecule has 0 bridgehead atoms. The first-order chi connectivity index (χ1) is 14.3. The van der Waals surface area contributed by atoms with E-state index in [-0.39, 0.29) is 27.3 Å². The van der Waals surface area contributed by atoms with Crippen LogP contribution in [0.4, 0.5) is 17.6 Å². The number of aromatic nitrogens is 2. The summed E-state index contributed by atoms with van der Waals surface area (Å²) in [6.45, 7) is 4.47. The SMILES string of the molecule is C=C(C)Cc1c(OCC(=O)OC)c(Cl)cc(F)c1-c1c(C(F)(F)F)n(C)c(=O)[nH]c1=O. The van der Waals surface area contributed by atoms with Crippen LogP contribution >= 0.6 is 11.6 Å². The summed E-state index contributed by atoms with van der Waals surface area (Å²) in [6, 6.07) is 0.649. The summed E-state index contributed by atoms with van der Waals surface area (Å²) in [7, 11) is 1.86. The maximum absolute atomic E-state index is 15.0. The molecule has 12 heteroatoms. The molecular weight excluding hydrogens is 448 g/mol. The zero-order valence-electron chi connectivity index (χ0n) is 16.6. The monoisotopic (exact) mass is 464 g/mol. The van der Waals surface area contributed by atoms with Crippen molar-refractivity contribution in [1.29, 1.82) is 0 Å². The topological polar surface area (TPSA) is 90.4 Å². The molecule has 0 atom stereocenters. The van der Waals surface area contributed by atoms with Gasteiger partial charge in [0.15, 0.2) is 6.61 Å². The largest absolute Gasteiger partial charge is 0.480 e. The van der Waals surface area contributed by atoms with Crippen LogP contribution in [0.25, 0.3) is 11.1 Å². The van der Waals surface area contributed by atoms with Crippen molar-refractivity contribution in [3.8, 4) is 16.9 Å². The number of hydrogen-bond donors (Lipinski definition) is 1. The van der Waals surface area contributed by atoms with Crippen LogP contribution in [0.5, 0.6) is 5.75 Å². The summed E-state index contributed by atoms with van der Waals surface area (Å²) in [5, 5.41) is -0.351. The molecule has 0 unspecified atom stereocenters. The second-order valence-electron chi connectivity index (χ2n) is 6.56. The van der Waals surface area contributed by atoms with E-state index in [1.54, 1.807) is 4.98 Å². The van der Waals surface area contributed by atoms with Crippen LogP contribution in [-0.4, -0.2) is 29.2 Å². The highest BCUT2D eigenvalue weighted by molar-refractivity contribution is 6.32. The number of alkyl halides is 3. The Labute approximate surface area is 177 Å². The zero-order valence-corrected chi connectivity index (χ0v) is 17.3. The number of H-pyrrole nitrogens is 1. The molecule has 7 nitrogen and oxygen atoms in total. The normalized spacial score (nSPS) is 11.4. The van der Waals surface area contributed by atoms with Crippen LogP contribution in [0.2, 0.25) is 5.02 Å². The molecule has 0 fully saturated rings. The maximum atomic E-state index is 15.0. The summed E-state index contributed by atoms with van der Waals surface area (Å²) in [4.78, 5) is 37.4. The lowest BCUT2D eigenvalue weighted by molar-refractivity contribution is -0.143. The number of nitrogens with one attached hydrogen (secondary N) is 1. The lowest BCUT2D eigenvalue weighted by Gasteiger charge is -2.21. The number of halogens is 5.